The number of methoxy groups -OCH3 is 1. The first-order valence-corrected chi connectivity index (χ1v) is 5.60. The number of aliphatic carboxylic acids is 1. The van der Waals surface area contributed by atoms with Crippen LogP contribution in [0.4, 0.5) is 0 Å². The fraction of sp³-hybridized carbons (Fsp3) is 0.462. The number of benzene rings is 1. The molecule has 0 aliphatic carbocycles. The summed E-state index contributed by atoms with van der Waals surface area (Å²) >= 11 is 0. The molecule has 2 atom stereocenters. The zero-order valence-corrected chi connectivity index (χ0v) is 10.7. The number of carboxylic acids is 1. The van der Waals surface area contributed by atoms with Crippen LogP contribution in [-0.2, 0) is 4.79 Å². The summed E-state index contributed by atoms with van der Waals surface area (Å²) in [6.45, 7) is 3.59. The zero-order valence-electron chi connectivity index (χ0n) is 10.7. The molecule has 0 aliphatic heterocycles. The summed E-state index contributed by atoms with van der Waals surface area (Å²) in [6.07, 6.45) is -3.04. The molecule has 1 rings (SSSR count). The van der Waals surface area contributed by atoms with Gasteiger partial charge in [0, 0.05) is 0 Å². The average Bonchev–Trinajstić information content (AvgIpc) is 2.29. The molecule has 0 fully saturated rings. The Bertz CT molecular complexity index is 441. The van der Waals surface area contributed by atoms with Gasteiger partial charge in [-0.15, -0.1) is 0 Å². The summed E-state index contributed by atoms with van der Waals surface area (Å²) in [5.41, 5.74) is 2.08. The molecule has 1 aromatic carbocycles. The van der Waals surface area contributed by atoms with Crippen LogP contribution in [0.15, 0.2) is 12.1 Å². The summed E-state index contributed by atoms with van der Waals surface area (Å²) in [4.78, 5) is 10.5. The summed E-state index contributed by atoms with van der Waals surface area (Å²) in [5, 5.41) is 28.2. The number of aliphatic hydroxyl groups is 2. The molecule has 18 heavy (non-hydrogen) atoms. The third kappa shape index (κ3) is 3.21. The van der Waals surface area contributed by atoms with Gasteiger partial charge in [-0.1, -0.05) is 0 Å². The summed E-state index contributed by atoms with van der Waals surface area (Å²) < 4.78 is 5.15. The molecule has 0 bridgehead atoms. The Hall–Kier alpha value is -1.59. The molecule has 0 aromatic heterocycles. The van der Waals surface area contributed by atoms with Gasteiger partial charge in [-0.2, -0.15) is 0 Å². The number of hydrogen-bond acceptors (Lipinski definition) is 4. The number of rotatable bonds is 5. The largest absolute Gasteiger partial charge is 0.496 e. The zero-order chi connectivity index (χ0) is 13.9. The van der Waals surface area contributed by atoms with Gasteiger partial charge in [0.05, 0.1) is 19.6 Å². The molecule has 0 saturated heterocycles. The van der Waals surface area contributed by atoms with Gasteiger partial charge >= 0.3 is 5.97 Å². The molecule has 0 heterocycles. The smallest absolute Gasteiger partial charge is 0.306 e. The van der Waals surface area contributed by atoms with Crippen LogP contribution in [0, 0.1) is 13.8 Å². The highest BCUT2D eigenvalue weighted by Crippen LogP contribution is 2.28. The van der Waals surface area contributed by atoms with E-state index in [1.54, 1.807) is 26.2 Å². The Morgan fingerprint density at radius 2 is 1.89 bits per heavy atom. The van der Waals surface area contributed by atoms with E-state index in [-0.39, 0.29) is 0 Å². The minimum atomic E-state index is -1.33. The summed E-state index contributed by atoms with van der Waals surface area (Å²) in [5.74, 6) is -0.458. The minimum Gasteiger partial charge on any atom is -0.496 e. The van der Waals surface area contributed by atoms with Crippen LogP contribution < -0.4 is 4.74 Å². The molecule has 0 amide bonds. The minimum absolute atomic E-state index is 0.494. The average molecular weight is 254 g/mol. The van der Waals surface area contributed by atoms with Crippen LogP contribution in [0.5, 0.6) is 5.75 Å². The van der Waals surface area contributed by atoms with Crippen LogP contribution in [0.25, 0.3) is 0 Å². The van der Waals surface area contributed by atoms with Crippen LogP contribution in [0.3, 0.4) is 0 Å². The number of ether oxygens (including phenoxy) is 1. The maximum Gasteiger partial charge on any atom is 0.306 e. The third-order valence-corrected chi connectivity index (χ3v) is 2.85. The number of aliphatic hydroxyl groups excluding tert-OH is 2. The van der Waals surface area contributed by atoms with Gasteiger partial charge in [0.25, 0.3) is 0 Å². The van der Waals surface area contributed by atoms with E-state index in [2.05, 4.69) is 0 Å². The lowest BCUT2D eigenvalue weighted by molar-refractivity contribution is -0.141. The van der Waals surface area contributed by atoms with Crippen molar-refractivity contribution in [2.24, 2.45) is 0 Å². The molecule has 5 heteroatoms. The fourth-order valence-electron chi connectivity index (χ4n) is 1.85. The number of aryl methyl sites for hydroxylation is 2. The Kier molecular flexibility index (Phi) is 4.69. The van der Waals surface area contributed by atoms with Crippen molar-refractivity contribution in [2.75, 3.05) is 7.11 Å². The van der Waals surface area contributed by atoms with E-state index in [1.807, 2.05) is 6.92 Å². The van der Waals surface area contributed by atoms with E-state index >= 15 is 0 Å². The second-order valence-corrected chi connectivity index (χ2v) is 4.29. The standard InChI is InChI=1S/C13H18O5/c1-7-5-11(18-3)8(2)4-9(7)13(17)10(14)6-12(15)16/h4-5,10,13-14,17H,6H2,1-3H3,(H,15,16). The van der Waals surface area contributed by atoms with Crippen molar-refractivity contribution in [3.05, 3.63) is 28.8 Å². The molecule has 0 spiro atoms. The van der Waals surface area contributed by atoms with Gasteiger partial charge in [-0.25, -0.2) is 0 Å². The Labute approximate surface area is 106 Å². The van der Waals surface area contributed by atoms with Crippen molar-refractivity contribution in [2.45, 2.75) is 32.5 Å². The van der Waals surface area contributed by atoms with Crippen LogP contribution in [0.1, 0.15) is 29.2 Å². The Morgan fingerprint density at radius 1 is 1.28 bits per heavy atom. The molecule has 0 aliphatic rings. The first kappa shape index (κ1) is 14.5. The van der Waals surface area contributed by atoms with Gasteiger partial charge in [0.1, 0.15) is 11.9 Å². The second kappa shape index (κ2) is 5.84. The highest BCUT2D eigenvalue weighted by atomic mass is 16.5. The van der Waals surface area contributed by atoms with Gasteiger partial charge < -0.3 is 20.1 Å². The van der Waals surface area contributed by atoms with E-state index in [4.69, 9.17) is 9.84 Å². The SMILES string of the molecule is COc1cc(C)c(C(O)C(O)CC(=O)O)cc1C. The highest BCUT2D eigenvalue weighted by Gasteiger charge is 2.23. The van der Waals surface area contributed by atoms with Crippen molar-refractivity contribution in [3.63, 3.8) is 0 Å². The summed E-state index contributed by atoms with van der Waals surface area (Å²) in [7, 11) is 1.55. The van der Waals surface area contributed by atoms with Crippen molar-refractivity contribution < 1.29 is 24.9 Å². The maximum absolute atomic E-state index is 10.5. The van der Waals surface area contributed by atoms with Gasteiger partial charge in [0.15, 0.2) is 0 Å². The number of carbonyl (C=O) groups is 1. The molecule has 0 radical (unpaired) electrons. The predicted molar refractivity (Wildman–Crippen MR) is 65.7 cm³/mol. The first-order valence-electron chi connectivity index (χ1n) is 5.60. The molecular weight excluding hydrogens is 236 g/mol. The van der Waals surface area contributed by atoms with E-state index in [1.165, 1.54) is 0 Å². The van der Waals surface area contributed by atoms with Gasteiger partial charge in [0.2, 0.25) is 0 Å². The topological polar surface area (TPSA) is 87.0 Å². The maximum atomic E-state index is 10.5. The highest BCUT2D eigenvalue weighted by molar-refractivity contribution is 5.67. The van der Waals surface area contributed by atoms with Crippen molar-refractivity contribution in [3.8, 4) is 5.75 Å². The Balaban J connectivity index is 3.02. The van der Waals surface area contributed by atoms with Gasteiger partial charge in [-0.05, 0) is 42.7 Å². The first-order chi connectivity index (χ1) is 8.36. The monoisotopic (exact) mass is 254 g/mol. The van der Waals surface area contributed by atoms with Gasteiger partial charge in [-0.3, -0.25) is 4.79 Å². The van der Waals surface area contributed by atoms with Crippen molar-refractivity contribution in [1.29, 1.82) is 0 Å². The van der Waals surface area contributed by atoms with Crippen LogP contribution in [0.2, 0.25) is 0 Å². The predicted octanol–water partition coefficient (Wildman–Crippen LogP) is 1.18. The van der Waals surface area contributed by atoms with E-state index in [0.29, 0.717) is 11.3 Å². The lowest BCUT2D eigenvalue weighted by Gasteiger charge is -2.20. The van der Waals surface area contributed by atoms with Crippen molar-refractivity contribution in [1.82, 2.24) is 0 Å². The van der Waals surface area contributed by atoms with Crippen LogP contribution in [-0.4, -0.2) is 34.5 Å². The van der Waals surface area contributed by atoms with E-state index in [9.17, 15) is 15.0 Å². The van der Waals surface area contributed by atoms with Crippen LogP contribution >= 0.6 is 0 Å². The van der Waals surface area contributed by atoms with E-state index < -0.39 is 24.6 Å². The number of hydrogen-bond donors (Lipinski definition) is 3. The molecule has 0 saturated carbocycles. The second-order valence-electron chi connectivity index (χ2n) is 4.29. The lowest BCUT2D eigenvalue weighted by Crippen LogP contribution is -2.22. The molecule has 1 aromatic rings. The lowest BCUT2D eigenvalue weighted by atomic mass is 9.95. The fourth-order valence-corrected chi connectivity index (χ4v) is 1.85. The molecule has 2 unspecified atom stereocenters. The molecule has 3 N–H and O–H groups in total. The summed E-state index contributed by atoms with van der Waals surface area (Å²) in [6, 6.07) is 3.45. The number of carboxylic acid groups (broad SMARTS) is 1. The molecule has 100 valence electrons. The molecule has 5 nitrogen and oxygen atoms in total. The normalized spacial score (nSPS) is 14.1. The van der Waals surface area contributed by atoms with E-state index in [0.717, 1.165) is 11.1 Å². The quantitative estimate of drug-likeness (QED) is 0.734. The Morgan fingerprint density at radius 3 is 2.39 bits per heavy atom. The molecular formula is C13H18O5. The third-order valence-electron chi connectivity index (χ3n) is 2.85. The van der Waals surface area contributed by atoms with Crippen molar-refractivity contribution >= 4 is 5.97 Å².